The molecule has 0 aliphatic carbocycles. The molecule has 6 heteroatoms. The van der Waals surface area contributed by atoms with Crippen LogP contribution >= 0.6 is 0 Å². The van der Waals surface area contributed by atoms with Gasteiger partial charge in [0.15, 0.2) is 5.78 Å². The number of carboxylic acid groups (broad SMARTS) is 1. The van der Waals surface area contributed by atoms with Gasteiger partial charge in [0.2, 0.25) is 5.91 Å². The third kappa shape index (κ3) is 2.56. The summed E-state index contributed by atoms with van der Waals surface area (Å²) < 4.78 is 0. The van der Waals surface area contributed by atoms with E-state index in [9.17, 15) is 19.5 Å². The molecule has 2 aromatic carbocycles. The minimum Gasteiger partial charge on any atom is -0.481 e. The molecule has 0 saturated carbocycles. The number of carbonyl (C=O) groups excluding carboxylic acids is 2. The van der Waals surface area contributed by atoms with Crippen LogP contribution in [0.25, 0.3) is 10.9 Å². The minimum atomic E-state index is -1.24. The average molecular weight is 348 g/mol. The smallest absolute Gasteiger partial charge is 0.309 e. The molecule has 0 unspecified atom stereocenters. The minimum absolute atomic E-state index is 0.0190. The van der Waals surface area contributed by atoms with Crippen molar-refractivity contribution in [2.75, 3.05) is 11.4 Å². The fourth-order valence-electron chi connectivity index (χ4n) is 3.46. The number of fused-ring (bicyclic) bond motifs is 1. The van der Waals surface area contributed by atoms with Gasteiger partial charge in [-0.2, -0.15) is 0 Å². The number of H-pyrrole nitrogens is 1. The molecule has 1 aliphatic heterocycles. The summed E-state index contributed by atoms with van der Waals surface area (Å²) in [6.07, 6.45) is 0. The third-order valence-electron chi connectivity index (χ3n) is 4.78. The highest BCUT2D eigenvalue weighted by molar-refractivity contribution is 6.18. The lowest BCUT2D eigenvalue weighted by Gasteiger charge is -2.16. The molecule has 6 nitrogen and oxygen atoms in total. The zero-order chi connectivity index (χ0) is 18.3. The van der Waals surface area contributed by atoms with Gasteiger partial charge in [0, 0.05) is 23.1 Å². The van der Waals surface area contributed by atoms with Gasteiger partial charge < -0.3 is 15.0 Å². The summed E-state index contributed by atoms with van der Waals surface area (Å²) in [6, 6.07) is 17.8. The summed E-state index contributed by atoms with van der Waals surface area (Å²) in [7, 11) is 0. The predicted molar refractivity (Wildman–Crippen MR) is 96.0 cm³/mol. The molecule has 130 valence electrons. The number of anilines is 1. The summed E-state index contributed by atoms with van der Waals surface area (Å²) >= 11 is 0. The van der Waals surface area contributed by atoms with Crippen LogP contribution in [-0.4, -0.2) is 34.3 Å². The number of benzene rings is 2. The van der Waals surface area contributed by atoms with Gasteiger partial charge in [-0.1, -0.05) is 36.4 Å². The molecule has 0 radical (unpaired) electrons. The van der Waals surface area contributed by atoms with Crippen molar-refractivity contribution in [3.63, 3.8) is 0 Å². The SMILES string of the molecule is O=C(c1cc2ccccc2[nH]1)[C@@H]1C(=O)N(c2ccccc2)C[C@H]1C(=O)O. The summed E-state index contributed by atoms with van der Waals surface area (Å²) in [6.45, 7) is -0.0190. The maximum atomic E-state index is 13.0. The Kier molecular flexibility index (Phi) is 3.80. The van der Waals surface area contributed by atoms with Crippen molar-refractivity contribution >= 4 is 34.3 Å². The van der Waals surface area contributed by atoms with Crippen LogP contribution < -0.4 is 4.90 Å². The van der Waals surface area contributed by atoms with Crippen LogP contribution in [0.1, 0.15) is 10.5 Å². The molecule has 1 aliphatic rings. The van der Waals surface area contributed by atoms with Gasteiger partial charge in [0.05, 0.1) is 11.6 Å². The normalized spacial score (nSPS) is 19.8. The Morgan fingerprint density at radius 3 is 2.42 bits per heavy atom. The Morgan fingerprint density at radius 2 is 1.73 bits per heavy atom. The van der Waals surface area contributed by atoms with E-state index in [2.05, 4.69) is 4.98 Å². The molecule has 26 heavy (non-hydrogen) atoms. The molecule has 1 aromatic heterocycles. The second-order valence-electron chi connectivity index (χ2n) is 6.34. The number of aromatic amines is 1. The Morgan fingerprint density at radius 1 is 1.04 bits per heavy atom. The number of aliphatic carboxylic acids is 1. The first-order valence-electron chi connectivity index (χ1n) is 8.27. The Labute approximate surface area is 149 Å². The highest BCUT2D eigenvalue weighted by Crippen LogP contribution is 2.32. The van der Waals surface area contributed by atoms with Gasteiger partial charge in [-0.3, -0.25) is 14.4 Å². The zero-order valence-corrected chi connectivity index (χ0v) is 13.8. The second kappa shape index (κ2) is 6.15. The first-order chi connectivity index (χ1) is 12.6. The van der Waals surface area contributed by atoms with E-state index in [1.807, 2.05) is 30.3 Å². The molecule has 1 fully saturated rings. The number of amides is 1. The molecule has 1 amide bonds. The Hall–Kier alpha value is -3.41. The van der Waals surface area contributed by atoms with E-state index >= 15 is 0 Å². The van der Waals surface area contributed by atoms with Crippen LogP contribution in [0.2, 0.25) is 0 Å². The molecule has 4 rings (SSSR count). The van der Waals surface area contributed by atoms with Gasteiger partial charge >= 0.3 is 5.97 Å². The molecule has 0 bridgehead atoms. The van der Waals surface area contributed by atoms with Crippen LogP contribution in [0.4, 0.5) is 5.69 Å². The van der Waals surface area contributed by atoms with E-state index < -0.39 is 29.5 Å². The van der Waals surface area contributed by atoms with E-state index in [4.69, 9.17) is 0 Å². The number of nitrogens with zero attached hydrogens (tertiary/aromatic N) is 1. The molecular weight excluding hydrogens is 332 g/mol. The molecular formula is C20H16N2O4. The van der Waals surface area contributed by atoms with Crippen LogP contribution in [0.3, 0.4) is 0 Å². The number of nitrogens with one attached hydrogen (secondary N) is 1. The van der Waals surface area contributed by atoms with Crippen LogP contribution in [0.5, 0.6) is 0 Å². The first-order valence-corrected chi connectivity index (χ1v) is 8.27. The van der Waals surface area contributed by atoms with E-state index in [0.29, 0.717) is 5.69 Å². The monoisotopic (exact) mass is 348 g/mol. The molecule has 2 heterocycles. The van der Waals surface area contributed by atoms with Crippen LogP contribution in [0.15, 0.2) is 60.7 Å². The summed E-state index contributed by atoms with van der Waals surface area (Å²) in [5, 5.41) is 10.4. The highest BCUT2D eigenvalue weighted by atomic mass is 16.4. The maximum absolute atomic E-state index is 13.0. The van der Waals surface area contributed by atoms with Crippen molar-refractivity contribution in [1.82, 2.24) is 4.98 Å². The quantitative estimate of drug-likeness (QED) is 0.560. The summed E-state index contributed by atoms with van der Waals surface area (Å²) in [4.78, 5) is 41.9. The van der Waals surface area contributed by atoms with Crippen molar-refractivity contribution in [2.45, 2.75) is 0 Å². The van der Waals surface area contributed by atoms with Crippen molar-refractivity contribution in [2.24, 2.45) is 11.8 Å². The zero-order valence-electron chi connectivity index (χ0n) is 13.8. The predicted octanol–water partition coefficient (Wildman–Crippen LogP) is 2.71. The van der Waals surface area contributed by atoms with Crippen molar-refractivity contribution in [3.05, 3.63) is 66.4 Å². The molecule has 3 aromatic rings. The lowest BCUT2D eigenvalue weighted by molar-refractivity contribution is -0.143. The average Bonchev–Trinajstić information content (AvgIpc) is 3.23. The maximum Gasteiger partial charge on any atom is 0.309 e. The Bertz CT molecular complexity index is 976. The number of rotatable bonds is 4. The third-order valence-corrected chi connectivity index (χ3v) is 4.78. The second-order valence-corrected chi connectivity index (χ2v) is 6.34. The number of hydrogen-bond donors (Lipinski definition) is 2. The molecule has 0 spiro atoms. The number of carboxylic acids is 1. The van der Waals surface area contributed by atoms with Crippen molar-refractivity contribution in [3.8, 4) is 0 Å². The highest BCUT2D eigenvalue weighted by Gasteiger charge is 2.49. The van der Waals surface area contributed by atoms with Gasteiger partial charge in [-0.25, -0.2) is 0 Å². The number of hydrogen-bond acceptors (Lipinski definition) is 3. The van der Waals surface area contributed by atoms with Gasteiger partial charge in [-0.05, 0) is 24.3 Å². The summed E-state index contributed by atoms with van der Waals surface area (Å²) in [5.41, 5.74) is 1.62. The standard InChI is InChI=1S/C20H16N2O4/c23-18(16-10-12-6-4-5-9-15(12)21-16)17-14(20(25)26)11-22(19(17)24)13-7-2-1-3-8-13/h1-10,14,17,21H,11H2,(H,25,26)/t14-,17-/m1/s1. The number of aromatic nitrogens is 1. The lowest BCUT2D eigenvalue weighted by Crippen LogP contribution is -2.32. The number of carbonyl (C=O) groups is 3. The molecule has 2 N–H and O–H groups in total. The van der Waals surface area contributed by atoms with E-state index in [-0.39, 0.29) is 12.2 Å². The van der Waals surface area contributed by atoms with Crippen molar-refractivity contribution in [1.29, 1.82) is 0 Å². The van der Waals surface area contributed by atoms with E-state index in [1.54, 1.807) is 30.3 Å². The fourth-order valence-corrected chi connectivity index (χ4v) is 3.46. The van der Waals surface area contributed by atoms with Gasteiger partial charge in [0.1, 0.15) is 5.92 Å². The van der Waals surface area contributed by atoms with Crippen LogP contribution in [-0.2, 0) is 9.59 Å². The number of ketones is 1. The Balaban J connectivity index is 1.71. The number of para-hydroxylation sites is 2. The van der Waals surface area contributed by atoms with Crippen molar-refractivity contribution < 1.29 is 19.5 Å². The molecule has 1 saturated heterocycles. The topological polar surface area (TPSA) is 90.5 Å². The largest absolute Gasteiger partial charge is 0.481 e. The number of Topliss-reactive ketones (excluding diaryl/α,β-unsaturated/α-hetero) is 1. The van der Waals surface area contributed by atoms with E-state index in [1.165, 1.54) is 4.90 Å². The summed E-state index contributed by atoms with van der Waals surface area (Å²) in [5.74, 6) is -4.43. The van der Waals surface area contributed by atoms with E-state index in [0.717, 1.165) is 10.9 Å². The fraction of sp³-hybridized carbons (Fsp3) is 0.150. The van der Waals surface area contributed by atoms with Crippen LogP contribution in [0, 0.1) is 11.8 Å². The van der Waals surface area contributed by atoms with Gasteiger partial charge in [0.25, 0.3) is 0 Å². The lowest BCUT2D eigenvalue weighted by atomic mass is 9.90. The van der Waals surface area contributed by atoms with Gasteiger partial charge in [-0.15, -0.1) is 0 Å². The molecule has 2 atom stereocenters. The first kappa shape index (κ1) is 16.1.